The molecular weight excluding hydrogens is 454 g/mol. The van der Waals surface area contributed by atoms with E-state index in [-0.39, 0.29) is 34.3 Å². The minimum absolute atomic E-state index is 0.0132. The van der Waals surface area contributed by atoms with E-state index in [1.165, 1.54) is 6.07 Å². The van der Waals surface area contributed by atoms with Crippen molar-refractivity contribution < 1.29 is 14.3 Å². The summed E-state index contributed by atoms with van der Waals surface area (Å²) >= 11 is 0. The molecule has 1 aromatic rings. The van der Waals surface area contributed by atoms with Crippen LogP contribution in [0, 0.1) is 28.6 Å². The van der Waals surface area contributed by atoms with E-state index in [0.717, 1.165) is 63.4 Å². The van der Waals surface area contributed by atoms with E-state index in [4.69, 9.17) is 15.9 Å². The number of hydrogen-bond acceptors (Lipinski definition) is 6. The number of fused-ring (bicyclic) bond motifs is 5. The van der Waals surface area contributed by atoms with Crippen molar-refractivity contribution in [1.29, 1.82) is 0 Å². The summed E-state index contributed by atoms with van der Waals surface area (Å²) in [6.45, 7) is 7.54. The van der Waals surface area contributed by atoms with Crippen molar-refractivity contribution in [2.75, 3.05) is 13.1 Å². The monoisotopic (exact) mass is 499 g/mol. The van der Waals surface area contributed by atoms with Crippen LogP contribution in [0.1, 0.15) is 90.0 Å². The molecule has 7 heteroatoms. The fraction of sp³-hybridized carbons (Fsp3) is 0.793. The van der Waals surface area contributed by atoms with Gasteiger partial charge in [-0.1, -0.05) is 13.8 Å². The van der Waals surface area contributed by atoms with Crippen molar-refractivity contribution in [3.63, 3.8) is 0 Å². The molecule has 0 spiro atoms. The number of rotatable bonds is 5. The second-order valence-corrected chi connectivity index (χ2v) is 12.9. The van der Waals surface area contributed by atoms with Crippen molar-refractivity contribution >= 4 is 5.91 Å². The fourth-order valence-corrected chi connectivity index (χ4v) is 9.46. The van der Waals surface area contributed by atoms with Gasteiger partial charge < -0.3 is 25.9 Å². The lowest BCUT2D eigenvalue weighted by Crippen LogP contribution is -2.62. The van der Waals surface area contributed by atoms with Gasteiger partial charge in [0.15, 0.2) is 0 Å². The molecule has 0 unspecified atom stereocenters. The second-order valence-electron chi connectivity index (χ2n) is 12.9. The van der Waals surface area contributed by atoms with Gasteiger partial charge in [0.1, 0.15) is 0 Å². The van der Waals surface area contributed by atoms with Crippen molar-refractivity contribution in [3.8, 4) is 0 Å². The van der Waals surface area contributed by atoms with Crippen LogP contribution in [0.15, 0.2) is 27.6 Å². The van der Waals surface area contributed by atoms with Crippen LogP contribution in [0.25, 0.3) is 0 Å². The fourth-order valence-electron chi connectivity index (χ4n) is 9.46. The molecule has 0 bridgehead atoms. The second kappa shape index (κ2) is 9.25. The van der Waals surface area contributed by atoms with Crippen LogP contribution in [0.5, 0.6) is 0 Å². The Bertz CT molecular complexity index is 1020. The molecule has 0 saturated heterocycles. The van der Waals surface area contributed by atoms with Gasteiger partial charge in [-0.2, -0.15) is 0 Å². The topological polar surface area (TPSA) is 123 Å². The van der Waals surface area contributed by atoms with Crippen LogP contribution < -0.4 is 17.1 Å². The first-order chi connectivity index (χ1) is 17.0. The van der Waals surface area contributed by atoms with E-state index < -0.39 is 11.6 Å². The molecule has 1 heterocycles. The summed E-state index contributed by atoms with van der Waals surface area (Å²) in [7, 11) is 0. The predicted octanol–water partition coefficient (Wildman–Crippen LogP) is 3.38. The average molecular weight is 500 g/mol. The normalized spacial score (nSPS) is 42.7. The number of hydrogen-bond donors (Lipinski definition) is 3. The minimum Gasteiger partial charge on any atom is -0.431 e. The first kappa shape index (κ1) is 25.9. The Hall–Kier alpha value is -1.70. The molecule has 4 aliphatic rings. The lowest BCUT2D eigenvalue weighted by atomic mass is 9.43. The van der Waals surface area contributed by atoms with E-state index >= 15 is 0 Å². The van der Waals surface area contributed by atoms with E-state index in [9.17, 15) is 14.7 Å². The molecule has 0 aliphatic heterocycles. The average Bonchev–Trinajstić information content (AvgIpc) is 3.13. The van der Waals surface area contributed by atoms with Gasteiger partial charge in [-0.3, -0.25) is 4.79 Å². The maximum Gasteiger partial charge on any atom is 0.335 e. The Kier molecular flexibility index (Phi) is 6.66. The summed E-state index contributed by atoms with van der Waals surface area (Å²) in [5.74, 6) is 1.56. The first-order valence-corrected chi connectivity index (χ1v) is 14.1. The number of nitrogens with two attached hydrogens (primary N) is 2. The minimum atomic E-state index is -0.696. The summed E-state index contributed by atoms with van der Waals surface area (Å²) in [5.41, 5.74) is 11.8. The van der Waals surface area contributed by atoms with Gasteiger partial charge in [0.2, 0.25) is 5.91 Å². The molecule has 5 rings (SSSR count). The van der Waals surface area contributed by atoms with Crippen LogP contribution in [0.3, 0.4) is 0 Å². The molecule has 4 aliphatic carbocycles. The number of carbonyl (C=O) groups is 1. The SMILES string of the molecule is C[C@H](N)C(=O)N(CCN)[C@H]1CC[C@@]2(C)[C@H](CC[C@@H]3[C@@H]2CC[C@]2(C)[C@@H](c4ccc(=O)oc4)CC[C@]32O)C1. The van der Waals surface area contributed by atoms with Crippen LogP contribution in [0.2, 0.25) is 0 Å². The van der Waals surface area contributed by atoms with Crippen LogP contribution in [-0.4, -0.2) is 46.7 Å². The maximum absolute atomic E-state index is 12.9. The first-order valence-electron chi connectivity index (χ1n) is 14.1. The van der Waals surface area contributed by atoms with Gasteiger partial charge in [0.05, 0.1) is 17.9 Å². The predicted molar refractivity (Wildman–Crippen MR) is 139 cm³/mol. The molecule has 0 radical (unpaired) electrons. The number of nitrogens with zero attached hydrogens (tertiary/aromatic N) is 1. The molecule has 4 fully saturated rings. The van der Waals surface area contributed by atoms with E-state index in [1.54, 1.807) is 13.2 Å². The highest BCUT2D eigenvalue weighted by Crippen LogP contribution is 2.70. The Balaban J connectivity index is 1.37. The zero-order valence-electron chi connectivity index (χ0n) is 22.2. The van der Waals surface area contributed by atoms with E-state index in [1.807, 2.05) is 11.0 Å². The summed E-state index contributed by atoms with van der Waals surface area (Å²) in [6, 6.07) is 3.12. The zero-order valence-corrected chi connectivity index (χ0v) is 22.2. The Morgan fingerprint density at radius 3 is 2.58 bits per heavy atom. The Morgan fingerprint density at radius 1 is 1.14 bits per heavy atom. The molecule has 36 heavy (non-hydrogen) atoms. The highest BCUT2D eigenvalue weighted by atomic mass is 16.4. The van der Waals surface area contributed by atoms with Gasteiger partial charge in [-0.15, -0.1) is 0 Å². The molecule has 5 N–H and O–H groups in total. The van der Waals surface area contributed by atoms with Gasteiger partial charge in [-0.25, -0.2) is 4.79 Å². The Labute approximate surface area is 215 Å². The summed E-state index contributed by atoms with van der Waals surface area (Å²) in [6.07, 6.45) is 10.7. The standard InChI is InChI=1S/C29H45N3O4/c1-18(31)26(34)32(15-14-30)21-8-11-27(2)20(16-21)5-6-24-23(27)9-12-28(3)22(10-13-29(24,28)35)19-4-7-25(33)36-17-19/h4,7,17-18,20-24,35H,5-6,8-16,30-31H2,1-3H3/t18-,20+,21-,22+,23-,24+,27-,28+,29-/m0/s1. The quantitative estimate of drug-likeness (QED) is 0.571. The van der Waals surface area contributed by atoms with Crippen molar-refractivity contribution in [1.82, 2.24) is 4.90 Å². The number of aliphatic hydroxyl groups is 1. The van der Waals surface area contributed by atoms with E-state index in [2.05, 4.69) is 13.8 Å². The van der Waals surface area contributed by atoms with E-state index in [0.29, 0.717) is 30.8 Å². The molecule has 9 atom stereocenters. The molecule has 0 aromatic carbocycles. The third kappa shape index (κ3) is 3.80. The molecular formula is C29H45N3O4. The lowest BCUT2D eigenvalue weighted by molar-refractivity contribution is -0.204. The van der Waals surface area contributed by atoms with Gasteiger partial charge in [-0.05, 0) is 105 Å². The zero-order chi connectivity index (χ0) is 25.9. The molecule has 7 nitrogen and oxygen atoms in total. The summed E-state index contributed by atoms with van der Waals surface area (Å²) in [5, 5.41) is 12.4. The maximum atomic E-state index is 12.9. The Morgan fingerprint density at radius 2 is 1.92 bits per heavy atom. The van der Waals surface area contributed by atoms with Crippen LogP contribution >= 0.6 is 0 Å². The third-order valence-electron chi connectivity index (χ3n) is 11.4. The van der Waals surface area contributed by atoms with Gasteiger partial charge in [0.25, 0.3) is 0 Å². The smallest absolute Gasteiger partial charge is 0.335 e. The molecule has 4 saturated carbocycles. The summed E-state index contributed by atoms with van der Waals surface area (Å²) < 4.78 is 5.22. The van der Waals surface area contributed by atoms with Crippen molar-refractivity contribution in [2.45, 2.75) is 102 Å². The molecule has 1 aromatic heterocycles. The number of amides is 1. The van der Waals surface area contributed by atoms with Crippen LogP contribution in [0.4, 0.5) is 0 Å². The van der Waals surface area contributed by atoms with Crippen molar-refractivity contribution in [3.05, 3.63) is 34.4 Å². The molecule has 200 valence electrons. The highest BCUT2D eigenvalue weighted by molar-refractivity contribution is 5.81. The van der Waals surface area contributed by atoms with Gasteiger partial charge in [0, 0.05) is 30.6 Å². The highest BCUT2D eigenvalue weighted by Gasteiger charge is 2.67. The largest absolute Gasteiger partial charge is 0.431 e. The number of carbonyl (C=O) groups excluding carboxylic acids is 1. The third-order valence-corrected chi connectivity index (χ3v) is 11.4. The van der Waals surface area contributed by atoms with Crippen molar-refractivity contribution in [2.24, 2.45) is 40.1 Å². The summed E-state index contributed by atoms with van der Waals surface area (Å²) in [4.78, 5) is 26.4. The lowest BCUT2D eigenvalue weighted by Gasteiger charge is -2.64. The van der Waals surface area contributed by atoms with Crippen LogP contribution in [-0.2, 0) is 4.79 Å². The molecule has 1 amide bonds. The van der Waals surface area contributed by atoms with Gasteiger partial charge >= 0.3 is 5.63 Å².